The lowest BCUT2D eigenvalue weighted by Gasteiger charge is -2.05. The van der Waals surface area contributed by atoms with Gasteiger partial charge in [-0.1, -0.05) is 29.4 Å². The van der Waals surface area contributed by atoms with Crippen LogP contribution < -0.4 is 0 Å². The number of hydrogen-bond donors (Lipinski definition) is 1. The fraction of sp³-hybridized carbons (Fsp3) is 0.0769. The first kappa shape index (κ1) is 15.3. The molecule has 0 bridgehead atoms. The topological polar surface area (TPSA) is 93.3 Å². The third-order valence-corrected chi connectivity index (χ3v) is 3.85. The average Bonchev–Trinajstić information content (AvgIpc) is 2.42. The number of nitro groups is 1. The standard InChI is InChI=1S/C13H9ClN2O4S/c1-7-2-3-9(5-10(7)13(17)18)21-12-11(16(19)20)4-8(14)6-15-12/h2-6H,1H3,(H,17,18). The number of nitrogens with zero attached hydrogens (tertiary/aromatic N) is 2. The summed E-state index contributed by atoms with van der Waals surface area (Å²) in [4.78, 5) is 26.0. The minimum absolute atomic E-state index is 0.150. The maximum absolute atomic E-state index is 11.1. The highest BCUT2D eigenvalue weighted by Gasteiger charge is 2.18. The molecule has 2 rings (SSSR count). The summed E-state index contributed by atoms with van der Waals surface area (Å²) in [5.74, 6) is -1.05. The van der Waals surface area contributed by atoms with Crippen LogP contribution in [0.2, 0.25) is 5.02 Å². The number of carboxylic acid groups (broad SMARTS) is 1. The molecule has 2 aromatic rings. The number of carbonyl (C=O) groups is 1. The van der Waals surface area contributed by atoms with Gasteiger partial charge in [0.2, 0.25) is 0 Å². The number of rotatable bonds is 4. The van der Waals surface area contributed by atoms with Crippen LogP contribution in [0.5, 0.6) is 0 Å². The van der Waals surface area contributed by atoms with Crippen molar-refractivity contribution in [3.8, 4) is 0 Å². The van der Waals surface area contributed by atoms with Crippen molar-refractivity contribution >= 4 is 35.0 Å². The van der Waals surface area contributed by atoms with Gasteiger partial charge >= 0.3 is 11.7 Å². The van der Waals surface area contributed by atoms with E-state index in [0.29, 0.717) is 10.5 Å². The molecule has 1 N–H and O–H groups in total. The summed E-state index contributed by atoms with van der Waals surface area (Å²) in [7, 11) is 0. The number of carboxylic acids is 1. The highest BCUT2D eigenvalue weighted by Crippen LogP contribution is 2.35. The maximum Gasteiger partial charge on any atom is 0.335 e. The molecular weight excluding hydrogens is 316 g/mol. The second kappa shape index (κ2) is 6.11. The molecule has 6 nitrogen and oxygen atoms in total. The van der Waals surface area contributed by atoms with E-state index >= 15 is 0 Å². The zero-order chi connectivity index (χ0) is 15.6. The molecule has 0 saturated heterocycles. The lowest BCUT2D eigenvalue weighted by atomic mass is 10.1. The Hall–Kier alpha value is -2.12. The highest BCUT2D eigenvalue weighted by molar-refractivity contribution is 7.99. The Morgan fingerprint density at radius 1 is 1.43 bits per heavy atom. The van der Waals surface area contributed by atoms with Crippen LogP contribution in [0.3, 0.4) is 0 Å². The van der Waals surface area contributed by atoms with Crippen LogP contribution in [0.25, 0.3) is 0 Å². The minimum atomic E-state index is -1.05. The molecule has 1 heterocycles. The van der Waals surface area contributed by atoms with Gasteiger partial charge in [0.05, 0.1) is 15.5 Å². The molecule has 1 aromatic heterocycles. The molecule has 0 aliphatic carbocycles. The van der Waals surface area contributed by atoms with Crippen molar-refractivity contribution in [2.75, 3.05) is 0 Å². The smallest absolute Gasteiger partial charge is 0.335 e. The fourth-order valence-electron chi connectivity index (χ4n) is 1.63. The van der Waals surface area contributed by atoms with E-state index in [4.69, 9.17) is 16.7 Å². The van der Waals surface area contributed by atoms with Gasteiger partial charge in [0, 0.05) is 17.2 Å². The van der Waals surface area contributed by atoms with E-state index in [0.717, 1.165) is 11.8 Å². The monoisotopic (exact) mass is 324 g/mol. The number of aryl methyl sites for hydroxylation is 1. The number of aromatic nitrogens is 1. The third kappa shape index (κ3) is 3.50. The lowest BCUT2D eigenvalue weighted by molar-refractivity contribution is -0.388. The molecule has 108 valence electrons. The molecule has 0 saturated carbocycles. The molecule has 0 radical (unpaired) electrons. The van der Waals surface area contributed by atoms with Gasteiger partial charge in [-0.05, 0) is 24.6 Å². The minimum Gasteiger partial charge on any atom is -0.478 e. The van der Waals surface area contributed by atoms with Gasteiger partial charge in [0.15, 0.2) is 5.03 Å². The van der Waals surface area contributed by atoms with Crippen molar-refractivity contribution in [2.24, 2.45) is 0 Å². The van der Waals surface area contributed by atoms with E-state index in [1.165, 1.54) is 18.3 Å². The Morgan fingerprint density at radius 2 is 2.14 bits per heavy atom. The number of benzene rings is 1. The molecule has 0 spiro atoms. The summed E-state index contributed by atoms with van der Waals surface area (Å²) in [6, 6.07) is 6.01. The Labute approximate surface area is 128 Å². The number of hydrogen-bond acceptors (Lipinski definition) is 5. The number of aromatic carboxylic acids is 1. The van der Waals surface area contributed by atoms with Gasteiger partial charge in [0.1, 0.15) is 0 Å². The SMILES string of the molecule is Cc1ccc(Sc2ncc(Cl)cc2[N+](=O)[O-])cc1C(=O)O. The normalized spacial score (nSPS) is 10.4. The van der Waals surface area contributed by atoms with E-state index in [1.807, 2.05) is 0 Å². The molecule has 0 aliphatic heterocycles. The van der Waals surface area contributed by atoms with Crippen LogP contribution in [-0.2, 0) is 0 Å². The first-order valence-corrected chi connectivity index (χ1v) is 6.89. The number of halogens is 1. The van der Waals surface area contributed by atoms with E-state index in [9.17, 15) is 14.9 Å². The van der Waals surface area contributed by atoms with Gasteiger partial charge in [-0.25, -0.2) is 9.78 Å². The summed E-state index contributed by atoms with van der Waals surface area (Å²) in [5, 5.41) is 20.4. The summed E-state index contributed by atoms with van der Waals surface area (Å²) in [5.41, 5.74) is 0.548. The second-order valence-electron chi connectivity index (χ2n) is 4.12. The van der Waals surface area contributed by atoms with Crippen LogP contribution in [-0.4, -0.2) is 21.0 Å². The molecule has 0 fully saturated rings. The third-order valence-electron chi connectivity index (χ3n) is 2.65. The largest absolute Gasteiger partial charge is 0.478 e. The van der Waals surface area contributed by atoms with Crippen molar-refractivity contribution < 1.29 is 14.8 Å². The van der Waals surface area contributed by atoms with Crippen molar-refractivity contribution in [1.82, 2.24) is 4.98 Å². The van der Waals surface area contributed by atoms with E-state index < -0.39 is 10.9 Å². The summed E-state index contributed by atoms with van der Waals surface area (Å²) < 4.78 is 0. The molecule has 0 atom stereocenters. The predicted octanol–water partition coefficient (Wildman–Crippen LogP) is 3.80. The van der Waals surface area contributed by atoms with Crippen molar-refractivity contribution in [1.29, 1.82) is 0 Å². The molecular formula is C13H9ClN2O4S. The molecule has 0 amide bonds. The van der Waals surface area contributed by atoms with E-state index in [2.05, 4.69) is 4.98 Å². The maximum atomic E-state index is 11.1. The van der Waals surface area contributed by atoms with E-state index in [-0.39, 0.29) is 21.3 Å². The lowest BCUT2D eigenvalue weighted by Crippen LogP contribution is -1.99. The average molecular weight is 325 g/mol. The summed E-state index contributed by atoms with van der Waals surface area (Å²) in [6.07, 6.45) is 1.31. The Morgan fingerprint density at radius 3 is 2.76 bits per heavy atom. The number of pyridine rings is 1. The van der Waals surface area contributed by atoms with Crippen LogP contribution in [0.4, 0.5) is 5.69 Å². The quantitative estimate of drug-likeness (QED) is 0.679. The zero-order valence-corrected chi connectivity index (χ0v) is 12.3. The van der Waals surface area contributed by atoms with Gasteiger partial charge in [-0.2, -0.15) is 0 Å². The Bertz CT molecular complexity index is 736. The Balaban J connectivity index is 2.41. The first-order valence-electron chi connectivity index (χ1n) is 5.70. The molecule has 1 aromatic carbocycles. The van der Waals surface area contributed by atoms with Crippen LogP contribution in [0, 0.1) is 17.0 Å². The van der Waals surface area contributed by atoms with Crippen LogP contribution in [0.15, 0.2) is 40.4 Å². The Kier molecular flexibility index (Phi) is 4.44. The zero-order valence-electron chi connectivity index (χ0n) is 10.7. The van der Waals surface area contributed by atoms with Crippen LogP contribution in [0.1, 0.15) is 15.9 Å². The fourth-order valence-corrected chi connectivity index (χ4v) is 2.66. The molecule has 0 aliphatic rings. The van der Waals surface area contributed by atoms with Gasteiger partial charge in [-0.15, -0.1) is 0 Å². The van der Waals surface area contributed by atoms with Gasteiger partial charge < -0.3 is 5.11 Å². The summed E-state index contributed by atoms with van der Waals surface area (Å²) in [6.45, 7) is 1.68. The second-order valence-corrected chi connectivity index (χ2v) is 5.62. The molecule has 21 heavy (non-hydrogen) atoms. The van der Waals surface area contributed by atoms with Gasteiger partial charge in [-0.3, -0.25) is 10.1 Å². The summed E-state index contributed by atoms with van der Waals surface area (Å²) >= 11 is 6.71. The van der Waals surface area contributed by atoms with Crippen molar-refractivity contribution in [3.63, 3.8) is 0 Å². The molecule has 0 unspecified atom stereocenters. The van der Waals surface area contributed by atoms with Crippen LogP contribution >= 0.6 is 23.4 Å². The highest BCUT2D eigenvalue weighted by atomic mass is 35.5. The predicted molar refractivity (Wildman–Crippen MR) is 78.2 cm³/mol. The van der Waals surface area contributed by atoms with E-state index in [1.54, 1.807) is 19.1 Å². The van der Waals surface area contributed by atoms with Crippen molar-refractivity contribution in [3.05, 3.63) is 56.7 Å². The van der Waals surface area contributed by atoms with Gasteiger partial charge in [0.25, 0.3) is 0 Å². The van der Waals surface area contributed by atoms with Crippen molar-refractivity contribution in [2.45, 2.75) is 16.8 Å². The first-order chi connectivity index (χ1) is 9.88. The molecule has 8 heteroatoms.